The van der Waals surface area contributed by atoms with Gasteiger partial charge in [0.1, 0.15) is 17.0 Å². The van der Waals surface area contributed by atoms with E-state index in [2.05, 4.69) is 10.3 Å². The van der Waals surface area contributed by atoms with E-state index in [0.717, 1.165) is 5.56 Å². The van der Waals surface area contributed by atoms with E-state index < -0.39 is 5.54 Å². The van der Waals surface area contributed by atoms with Gasteiger partial charge in [0.05, 0.1) is 6.54 Å². The third-order valence-corrected chi connectivity index (χ3v) is 4.67. The summed E-state index contributed by atoms with van der Waals surface area (Å²) < 4.78 is 5.71. The van der Waals surface area contributed by atoms with Gasteiger partial charge in [0.15, 0.2) is 0 Å². The molecule has 1 aromatic heterocycles. The van der Waals surface area contributed by atoms with Gasteiger partial charge < -0.3 is 9.73 Å². The standard InChI is InChI=1S/C18H21N3O3/c1-4-18(5-2)16(22)21(17(23)20-18)11-14-12(3)24-15(19-14)13-9-7-6-8-10-13/h6-10H,4-5,11H2,1-3H3,(H,20,23). The smallest absolute Gasteiger partial charge is 0.325 e. The lowest BCUT2D eigenvalue weighted by Crippen LogP contribution is -2.45. The van der Waals surface area contributed by atoms with Gasteiger partial charge >= 0.3 is 6.03 Å². The van der Waals surface area contributed by atoms with E-state index in [1.165, 1.54) is 4.90 Å². The van der Waals surface area contributed by atoms with Crippen molar-refractivity contribution in [1.29, 1.82) is 0 Å². The highest BCUT2D eigenvalue weighted by Crippen LogP contribution is 2.28. The van der Waals surface area contributed by atoms with Crippen LogP contribution in [0.4, 0.5) is 4.79 Å². The van der Waals surface area contributed by atoms with Crippen LogP contribution in [0.5, 0.6) is 0 Å². The third kappa shape index (κ3) is 2.58. The number of aromatic nitrogens is 1. The topological polar surface area (TPSA) is 75.4 Å². The molecule has 1 aliphatic heterocycles. The molecule has 0 radical (unpaired) electrons. The van der Waals surface area contributed by atoms with Gasteiger partial charge in [-0.1, -0.05) is 32.0 Å². The highest BCUT2D eigenvalue weighted by molar-refractivity contribution is 6.06. The van der Waals surface area contributed by atoms with Crippen molar-refractivity contribution < 1.29 is 14.0 Å². The molecule has 0 spiro atoms. The maximum absolute atomic E-state index is 12.7. The maximum atomic E-state index is 12.7. The Morgan fingerprint density at radius 3 is 2.42 bits per heavy atom. The normalized spacial score (nSPS) is 16.5. The van der Waals surface area contributed by atoms with Crippen molar-refractivity contribution in [3.05, 3.63) is 41.8 Å². The number of hydrogen-bond donors (Lipinski definition) is 1. The van der Waals surface area contributed by atoms with E-state index in [4.69, 9.17) is 4.42 Å². The lowest BCUT2D eigenvalue weighted by molar-refractivity contribution is -0.132. The summed E-state index contributed by atoms with van der Waals surface area (Å²) in [6.45, 7) is 5.72. The van der Waals surface area contributed by atoms with E-state index in [1.807, 2.05) is 44.2 Å². The van der Waals surface area contributed by atoms with E-state index in [1.54, 1.807) is 6.92 Å². The fourth-order valence-electron chi connectivity index (χ4n) is 2.98. The first kappa shape index (κ1) is 16.2. The molecule has 2 heterocycles. The number of aryl methyl sites for hydroxylation is 1. The van der Waals surface area contributed by atoms with Crippen molar-refractivity contribution in [3.8, 4) is 11.5 Å². The Kier molecular flexibility index (Phi) is 4.13. The fraction of sp³-hybridized carbons (Fsp3) is 0.389. The number of rotatable bonds is 5. The summed E-state index contributed by atoms with van der Waals surface area (Å²) in [7, 11) is 0. The number of urea groups is 1. The molecule has 3 rings (SSSR count). The molecule has 1 aromatic carbocycles. The van der Waals surface area contributed by atoms with E-state index in [9.17, 15) is 9.59 Å². The summed E-state index contributed by atoms with van der Waals surface area (Å²) >= 11 is 0. The number of carbonyl (C=O) groups excluding carboxylic acids is 2. The molecule has 1 saturated heterocycles. The molecule has 1 aliphatic rings. The molecule has 0 bridgehead atoms. The highest BCUT2D eigenvalue weighted by Gasteiger charge is 2.48. The van der Waals surface area contributed by atoms with Crippen LogP contribution in [0.2, 0.25) is 0 Å². The molecular formula is C18H21N3O3. The zero-order valence-electron chi connectivity index (χ0n) is 14.1. The van der Waals surface area contributed by atoms with Crippen molar-refractivity contribution in [3.63, 3.8) is 0 Å². The molecule has 24 heavy (non-hydrogen) atoms. The zero-order chi connectivity index (χ0) is 17.3. The molecule has 0 saturated carbocycles. The van der Waals surface area contributed by atoms with Crippen LogP contribution in [0.1, 0.15) is 38.1 Å². The van der Waals surface area contributed by atoms with Gasteiger partial charge in [0, 0.05) is 5.56 Å². The van der Waals surface area contributed by atoms with Crippen LogP contribution >= 0.6 is 0 Å². The predicted octanol–water partition coefficient (Wildman–Crippen LogP) is 3.26. The van der Waals surface area contributed by atoms with Crippen LogP contribution in [0.3, 0.4) is 0 Å². The van der Waals surface area contributed by atoms with Crippen LogP contribution in [0, 0.1) is 6.92 Å². The Labute approximate surface area is 140 Å². The number of nitrogens with one attached hydrogen (secondary N) is 1. The summed E-state index contributed by atoms with van der Waals surface area (Å²) in [5, 5.41) is 2.82. The summed E-state index contributed by atoms with van der Waals surface area (Å²) in [6, 6.07) is 9.17. The molecule has 6 nitrogen and oxygen atoms in total. The van der Waals surface area contributed by atoms with Gasteiger partial charge in [0.25, 0.3) is 5.91 Å². The van der Waals surface area contributed by atoms with Gasteiger partial charge in [-0.3, -0.25) is 9.69 Å². The Morgan fingerprint density at radius 1 is 1.17 bits per heavy atom. The molecule has 3 amide bonds. The number of amides is 3. The minimum absolute atomic E-state index is 0.120. The van der Waals surface area contributed by atoms with Crippen molar-refractivity contribution >= 4 is 11.9 Å². The van der Waals surface area contributed by atoms with Crippen molar-refractivity contribution in [2.45, 2.75) is 45.7 Å². The number of nitrogens with zero attached hydrogens (tertiary/aromatic N) is 2. The Morgan fingerprint density at radius 2 is 1.83 bits per heavy atom. The zero-order valence-corrected chi connectivity index (χ0v) is 14.1. The second-order valence-electron chi connectivity index (χ2n) is 6.00. The lowest BCUT2D eigenvalue weighted by atomic mass is 9.93. The van der Waals surface area contributed by atoms with E-state index in [0.29, 0.717) is 30.2 Å². The second-order valence-corrected chi connectivity index (χ2v) is 6.00. The minimum atomic E-state index is -0.795. The average Bonchev–Trinajstić information content (AvgIpc) is 3.09. The van der Waals surface area contributed by atoms with E-state index in [-0.39, 0.29) is 18.5 Å². The predicted molar refractivity (Wildman–Crippen MR) is 89.1 cm³/mol. The number of benzene rings is 1. The van der Waals surface area contributed by atoms with Crippen molar-refractivity contribution in [2.24, 2.45) is 0 Å². The largest absolute Gasteiger partial charge is 0.441 e. The van der Waals surface area contributed by atoms with Gasteiger partial charge in [-0.15, -0.1) is 0 Å². The molecular weight excluding hydrogens is 306 g/mol. The average molecular weight is 327 g/mol. The number of carbonyl (C=O) groups is 2. The van der Waals surface area contributed by atoms with Crippen LogP contribution in [-0.4, -0.2) is 27.4 Å². The molecule has 0 unspecified atom stereocenters. The fourth-order valence-corrected chi connectivity index (χ4v) is 2.98. The van der Waals surface area contributed by atoms with E-state index >= 15 is 0 Å². The molecule has 0 atom stereocenters. The van der Waals surface area contributed by atoms with Gasteiger partial charge in [-0.05, 0) is 31.9 Å². The molecule has 126 valence electrons. The summed E-state index contributed by atoms with van der Waals surface area (Å²) in [5.74, 6) is 0.911. The Bertz CT molecular complexity index is 763. The third-order valence-electron chi connectivity index (χ3n) is 4.67. The summed E-state index contributed by atoms with van der Waals surface area (Å²) in [6.07, 6.45) is 1.13. The molecule has 1 N–H and O–H groups in total. The maximum Gasteiger partial charge on any atom is 0.325 e. The monoisotopic (exact) mass is 327 g/mol. The minimum Gasteiger partial charge on any atom is -0.441 e. The molecule has 2 aromatic rings. The molecule has 1 fully saturated rings. The first-order chi connectivity index (χ1) is 11.5. The Balaban J connectivity index is 1.86. The van der Waals surface area contributed by atoms with Gasteiger partial charge in [-0.2, -0.15) is 0 Å². The van der Waals surface area contributed by atoms with Crippen LogP contribution in [0.25, 0.3) is 11.5 Å². The lowest BCUT2D eigenvalue weighted by Gasteiger charge is -2.22. The summed E-state index contributed by atoms with van der Waals surface area (Å²) in [5.41, 5.74) is 0.664. The van der Waals surface area contributed by atoms with Crippen molar-refractivity contribution in [2.75, 3.05) is 0 Å². The molecule has 6 heteroatoms. The van der Waals surface area contributed by atoms with Crippen LogP contribution in [-0.2, 0) is 11.3 Å². The first-order valence-corrected chi connectivity index (χ1v) is 8.16. The first-order valence-electron chi connectivity index (χ1n) is 8.16. The van der Waals surface area contributed by atoms with Gasteiger partial charge in [0.2, 0.25) is 5.89 Å². The SMILES string of the molecule is CCC1(CC)NC(=O)N(Cc2nc(-c3ccccc3)oc2C)C1=O. The summed E-state index contributed by atoms with van der Waals surface area (Å²) in [4.78, 5) is 30.6. The number of imide groups is 1. The van der Waals surface area contributed by atoms with Crippen molar-refractivity contribution in [1.82, 2.24) is 15.2 Å². The van der Waals surface area contributed by atoms with Crippen LogP contribution < -0.4 is 5.32 Å². The number of oxazole rings is 1. The van der Waals surface area contributed by atoms with Crippen LogP contribution in [0.15, 0.2) is 34.7 Å². The molecule has 0 aliphatic carbocycles. The second kappa shape index (κ2) is 6.11. The van der Waals surface area contributed by atoms with Gasteiger partial charge in [-0.25, -0.2) is 9.78 Å². The quantitative estimate of drug-likeness (QED) is 0.855. The highest BCUT2D eigenvalue weighted by atomic mass is 16.4. The number of hydrogen-bond acceptors (Lipinski definition) is 4. The Hall–Kier alpha value is -2.63.